The maximum Gasteiger partial charge on any atom is 0.0587 e. The number of anilines is 1. The molecular weight excluding hydrogens is 256 g/mol. The summed E-state index contributed by atoms with van der Waals surface area (Å²) in [5.74, 6) is 1.14. The molecule has 108 valence electrons. The largest absolute Gasteiger partial charge is 0.383 e. The Balaban J connectivity index is 2.66. The maximum absolute atomic E-state index is 5.05. The van der Waals surface area contributed by atoms with Gasteiger partial charge in [0.15, 0.2) is 0 Å². The molecule has 1 aromatic rings. The Morgan fingerprint density at radius 2 is 2.11 bits per heavy atom. The van der Waals surface area contributed by atoms with E-state index in [0.29, 0.717) is 6.04 Å². The third-order valence-corrected chi connectivity index (χ3v) is 4.05. The second kappa shape index (κ2) is 9.23. The van der Waals surface area contributed by atoms with E-state index < -0.39 is 0 Å². The van der Waals surface area contributed by atoms with Gasteiger partial charge in [-0.3, -0.25) is 0 Å². The quantitative estimate of drug-likeness (QED) is 0.704. The lowest BCUT2D eigenvalue weighted by atomic mass is 10.1. The summed E-state index contributed by atoms with van der Waals surface area (Å²) < 4.78 is 5.05. The van der Waals surface area contributed by atoms with Gasteiger partial charge >= 0.3 is 0 Å². The van der Waals surface area contributed by atoms with Gasteiger partial charge in [0.2, 0.25) is 0 Å². The first-order valence-corrected chi connectivity index (χ1v) is 8.09. The smallest absolute Gasteiger partial charge is 0.0587 e. The molecule has 0 amide bonds. The Hall–Kier alpha value is -0.710. The molecule has 1 unspecified atom stereocenters. The van der Waals surface area contributed by atoms with E-state index >= 15 is 0 Å². The summed E-state index contributed by atoms with van der Waals surface area (Å²) in [5, 5.41) is 3.41. The molecular formula is C15H26N2OS. The van der Waals surface area contributed by atoms with Crippen LogP contribution in [0.5, 0.6) is 0 Å². The van der Waals surface area contributed by atoms with Crippen LogP contribution in [0.3, 0.4) is 0 Å². The molecule has 0 spiro atoms. The first-order chi connectivity index (χ1) is 9.20. The van der Waals surface area contributed by atoms with Gasteiger partial charge in [-0.15, -0.1) is 0 Å². The second-order valence-electron chi connectivity index (χ2n) is 4.71. The van der Waals surface area contributed by atoms with Crippen molar-refractivity contribution in [2.75, 3.05) is 44.2 Å². The van der Waals surface area contributed by atoms with Crippen LogP contribution in [0.1, 0.15) is 12.5 Å². The number of hydrogen-bond donors (Lipinski definition) is 1. The van der Waals surface area contributed by atoms with Gasteiger partial charge in [0.1, 0.15) is 0 Å². The monoisotopic (exact) mass is 282 g/mol. The van der Waals surface area contributed by atoms with E-state index in [1.165, 1.54) is 11.3 Å². The number of thioether (sulfide) groups is 1. The number of rotatable bonds is 9. The van der Waals surface area contributed by atoms with E-state index in [0.717, 1.165) is 25.4 Å². The van der Waals surface area contributed by atoms with Crippen LogP contribution in [-0.2, 0) is 11.3 Å². The first-order valence-electron chi connectivity index (χ1n) is 6.70. The maximum atomic E-state index is 5.05. The van der Waals surface area contributed by atoms with Gasteiger partial charge in [0.25, 0.3) is 0 Å². The Morgan fingerprint density at radius 1 is 1.37 bits per heavy atom. The molecule has 0 aliphatic heterocycles. The molecule has 0 aliphatic rings. The standard InChI is InChI=1S/C15H26N2OS/c1-13(12-19-4)17(2)15-8-6-5-7-14(15)11-16-9-10-18-3/h5-8,13,16H,9-12H2,1-4H3. The molecule has 4 heteroatoms. The number of nitrogens with zero attached hydrogens (tertiary/aromatic N) is 1. The average molecular weight is 282 g/mol. The lowest BCUT2D eigenvalue weighted by molar-refractivity contribution is 0.199. The van der Waals surface area contributed by atoms with E-state index in [1.54, 1.807) is 7.11 Å². The number of benzene rings is 1. The van der Waals surface area contributed by atoms with Crippen LogP contribution in [0.15, 0.2) is 24.3 Å². The van der Waals surface area contributed by atoms with Crippen molar-refractivity contribution in [1.82, 2.24) is 5.32 Å². The van der Waals surface area contributed by atoms with Crippen LogP contribution in [0.4, 0.5) is 5.69 Å². The fourth-order valence-electron chi connectivity index (χ4n) is 1.99. The van der Waals surface area contributed by atoms with Gasteiger partial charge in [-0.25, -0.2) is 0 Å². The minimum Gasteiger partial charge on any atom is -0.383 e. The lowest BCUT2D eigenvalue weighted by Gasteiger charge is -2.28. The summed E-state index contributed by atoms with van der Waals surface area (Å²) in [5.41, 5.74) is 2.66. The molecule has 0 radical (unpaired) electrons. The molecule has 0 heterocycles. The summed E-state index contributed by atoms with van der Waals surface area (Å²) >= 11 is 1.89. The van der Waals surface area contributed by atoms with Crippen molar-refractivity contribution in [3.05, 3.63) is 29.8 Å². The molecule has 0 saturated carbocycles. The molecule has 0 fully saturated rings. The summed E-state index contributed by atoms with van der Waals surface area (Å²) in [4.78, 5) is 2.36. The van der Waals surface area contributed by atoms with Crippen LogP contribution in [-0.4, -0.2) is 45.4 Å². The highest BCUT2D eigenvalue weighted by Crippen LogP contribution is 2.22. The summed E-state index contributed by atoms with van der Waals surface area (Å²) in [6.45, 7) is 4.79. The van der Waals surface area contributed by atoms with Crippen LogP contribution in [0.25, 0.3) is 0 Å². The van der Waals surface area contributed by atoms with Crippen LogP contribution >= 0.6 is 11.8 Å². The van der Waals surface area contributed by atoms with Crippen LogP contribution < -0.4 is 10.2 Å². The third kappa shape index (κ3) is 5.43. The van der Waals surface area contributed by atoms with E-state index in [9.17, 15) is 0 Å². The summed E-state index contributed by atoms with van der Waals surface area (Å²) in [6, 6.07) is 9.14. The molecule has 1 rings (SSSR count). The Bertz CT molecular complexity index is 360. The molecule has 19 heavy (non-hydrogen) atoms. The molecule has 0 aromatic heterocycles. The second-order valence-corrected chi connectivity index (χ2v) is 5.62. The van der Waals surface area contributed by atoms with Crippen molar-refractivity contribution in [2.45, 2.75) is 19.5 Å². The van der Waals surface area contributed by atoms with Gasteiger partial charge in [-0.2, -0.15) is 11.8 Å². The third-order valence-electron chi connectivity index (χ3n) is 3.24. The highest BCUT2D eigenvalue weighted by molar-refractivity contribution is 7.98. The minimum atomic E-state index is 0.537. The minimum absolute atomic E-state index is 0.537. The predicted octanol–water partition coefficient (Wildman–Crippen LogP) is 2.61. The van der Waals surface area contributed by atoms with E-state index in [4.69, 9.17) is 4.74 Å². The number of hydrogen-bond acceptors (Lipinski definition) is 4. The highest BCUT2D eigenvalue weighted by atomic mass is 32.2. The normalized spacial score (nSPS) is 12.4. The molecule has 0 bridgehead atoms. The number of methoxy groups -OCH3 is 1. The van der Waals surface area contributed by atoms with Gasteiger partial charge in [0.05, 0.1) is 6.61 Å². The molecule has 0 saturated heterocycles. The zero-order chi connectivity index (χ0) is 14.1. The van der Waals surface area contributed by atoms with Gasteiger partial charge in [-0.1, -0.05) is 18.2 Å². The Morgan fingerprint density at radius 3 is 2.79 bits per heavy atom. The van der Waals surface area contributed by atoms with Crippen molar-refractivity contribution in [3.63, 3.8) is 0 Å². The Labute approximate surface area is 121 Å². The molecule has 1 atom stereocenters. The Kier molecular flexibility index (Phi) is 7.94. The van der Waals surface area contributed by atoms with E-state index in [-0.39, 0.29) is 0 Å². The van der Waals surface area contributed by atoms with Crippen LogP contribution in [0.2, 0.25) is 0 Å². The van der Waals surface area contributed by atoms with Gasteiger partial charge in [-0.05, 0) is 24.8 Å². The summed E-state index contributed by atoms with van der Waals surface area (Å²) in [6.07, 6.45) is 2.16. The van der Waals surface area contributed by atoms with Gasteiger partial charge < -0.3 is 15.0 Å². The average Bonchev–Trinajstić information content (AvgIpc) is 2.43. The molecule has 1 aromatic carbocycles. The van der Waals surface area contributed by atoms with Crippen LogP contribution in [0, 0.1) is 0 Å². The van der Waals surface area contributed by atoms with Crippen molar-refractivity contribution >= 4 is 17.4 Å². The fraction of sp³-hybridized carbons (Fsp3) is 0.600. The van der Waals surface area contributed by atoms with Crippen molar-refractivity contribution in [2.24, 2.45) is 0 Å². The summed E-state index contributed by atoms with van der Waals surface area (Å²) in [7, 11) is 3.91. The fourth-order valence-corrected chi connectivity index (χ4v) is 2.70. The lowest BCUT2D eigenvalue weighted by Crippen LogP contribution is -2.32. The highest BCUT2D eigenvalue weighted by Gasteiger charge is 2.12. The molecule has 0 aliphatic carbocycles. The molecule has 3 nitrogen and oxygen atoms in total. The number of para-hydroxylation sites is 1. The zero-order valence-electron chi connectivity index (χ0n) is 12.5. The van der Waals surface area contributed by atoms with Crippen molar-refractivity contribution in [3.8, 4) is 0 Å². The molecule has 1 N–H and O–H groups in total. The predicted molar refractivity (Wildman–Crippen MR) is 86.3 cm³/mol. The van der Waals surface area contributed by atoms with Crippen molar-refractivity contribution < 1.29 is 4.74 Å². The zero-order valence-corrected chi connectivity index (χ0v) is 13.3. The van der Waals surface area contributed by atoms with Crippen molar-refractivity contribution in [1.29, 1.82) is 0 Å². The first kappa shape index (κ1) is 16.3. The van der Waals surface area contributed by atoms with E-state index in [2.05, 4.69) is 54.7 Å². The number of nitrogens with one attached hydrogen (secondary N) is 1. The number of ether oxygens (including phenoxy) is 1. The topological polar surface area (TPSA) is 24.5 Å². The SMILES string of the molecule is COCCNCc1ccccc1N(C)C(C)CSC. The van der Waals surface area contributed by atoms with E-state index in [1.807, 2.05) is 11.8 Å². The van der Waals surface area contributed by atoms with Gasteiger partial charge in [0, 0.05) is 44.7 Å².